The quantitative estimate of drug-likeness (QED) is 0.673. The molecule has 0 aliphatic rings. The fraction of sp³-hybridized carbons (Fsp3) is 0.350. The van der Waals surface area contributed by atoms with Crippen molar-refractivity contribution in [2.75, 3.05) is 25.9 Å². The van der Waals surface area contributed by atoms with E-state index < -0.39 is 17.8 Å². The van der Waals surface area contributed by atoms with Crippen LogP contribution >= 0.6 is 0 Å². The molecule has 3 N–H and O–H groups in total. The van der Waals surface area contributed by atoms with Crippen LogP contribution < -0.4 is 10.5 Å². The Bertz CT molecular complexity index is 796. The Balaban J connectivity index is 1.83. The SMILES string of the molecule is CN(CC(O)COc1ccccc1C(F)(F)F)C(=O)CCc1ccccc1N. The third kappa shape index (κ3) is 6.16. The zero-order valence-electron chi connectivity index (χ0n) is 15.4. The third-order valence-electron chi connectivity index (χ3n) is 4.20. The Morgan fingerprint density at radius 1 is 1.18 bits per heavy atom. The number of likely N-dealkylation sites (N-methyl/N-ethyl adjacent to an activating group) is 1. The van der Waals surface area contributed by atoms with E-state index in [1.807, 2.05) is 12.1 Å². The van der Waals surface area contributed by atoms with Crippen LogP contribution in [-0.4, -0.2) is 42.2 Å². The summed E-state index contributed by atoms with van der Waals surface area (Å²) in [6.45, 7) is -0.423. The number of aryl methyl sites for hydroxylation is 1. The van der Waals surface area contributed by atoms with Gasteiger partial charge in [-0.05, 0) is 30.2 Å². The summed E-state index contributed by atoms with van der Waals surface area (Å²) in [6, 6.07) is 12.0. The summed E-state index contributed by atoms with van der Waals surface area (Å²) < 4.78 is 43.9. The molecule has 0 fully saturated rings. The highest BCUT2D eigenvalue weighted by Crippen LogP contribution is 2.35. The van der Waals surface area contributed by atoms with E-state index in [-0.39, 0.29) is 31.2 Å². The van der Waals surface area contributed by atoms with Gasteiger partial charge in [0.15, 0.2) is 0 Å². The summed E-state index contributed by atoms with van der Waals surface area (Å²) in [5.41, 5.74) is 6.39. The van der Waals surface area contributed by atoms with Crippen LogP contribution in [-0.2, 0) is 17.4 Å². The van der Waals surface area contributed by atoms with Gasteiger partial charge in [-0.2, -0.15) is 13.2 Å². The number of nitrogens with two attached hydrogens (primary N) is 1. The zero-order chi connectivity index (χ0) is 20.7. The Kier molecular flexibility index (Phi) is 7.28. The molecule has 28 heavy (non-hydrogen) atoms. The number of carbonyl (C=O) groups is 1. The van der Waals surface area contributed by atoms with E-state index in [0.717, 1.165) is 11.6 Å². The van der Waals surface area contributed by atoms with Crippen LogP contribution in [0.4, 0.5) is 18.9 Å². The predicted octanol–water partition coefficient (Wildman–Crippen LogP) is 3.12. The molecule has 1 atom stereocenters. The topological polar surface area (TPSA) is 75.8 Å². The minimum absolute atomic E-state index is 0.0582. The fourth-order valence-electron chi connectivity index (χ4n) is 2.68. The van der Waals surface area contributed by atoms with E-state index in [9.17, 15) is 23.1 Å². The number of ether oxygens (including phenoxy) is 1. The number of rotatable bonds is 8. The molecule has 0 heterocycles. The molecule has 8 heteroatoms. The Hall–Kier alpha value is -2.74. The molecule has 0 aliphatic heterocycles. The van der Waals surface area contributed by atoms with Gasteiger partial charge in [0.1, 0.15) is 18.5 Å². The number of carbonyl (C=O) groups excluding carboxylic acids is 1. The number of amides is 1. The van der Waals surface area contributed by atoms with Crippen LogP contribution in [0.2, 0.25) is 0 Å². The number of aliphatic hydroxyl groups excluding tert-OH is 1. The minimum Gasteiger partial charge on any atom is -0.490 e. The second-order valence-corrected chi connectivity index (χ2v) is 6.43. The van der Waals surface area contributed by atoms with Crippen molar-refractivity contribution in [3.63, 3.8) is 0 Å². The second-order valence-electron chi connectivity index (χ2n) is 6.43. The average Bonchev–Trinajstić information content (AvgIpc) is 2.65. The maximum absolute atomic E-state index is 12.9. The highest BCUT2D eigenvalue weighted by molar-refractivity contribution is 5.76. The summed E-state index contributed by atoms with van der Waals surface area (Å²) in [5, 5.41) is 10.0. The number of benzene rings is 2. The van der Waals surface area contributed by atoms with E-state index in [2.05, 4.69) is 0 Å². The van der Waals surface area contributed by atoms with Crippen molar-refractivity contribution in [2.45, 2.75) is 25.1 Å². The molecule has 5 nitrogen and oxygen atoms in total. The first-order valence-electron chi connectivity index (χ1n) is 8.73. The van der Waals surface area contributed by atoms with Crippen LogP contribution in [0.3, 0.4) is 0 Å². The highest BCUT2D eigenvalue weighted by Gasteiger charge is 2.34. The summed E-state index contributed by atoms with van der Waals surface area (Å²) in [7, 11) is 1.52. The van der Waals surface area contributed by atoms with Gasteiger partial charge in [0.25, 0.3) is 0 Å². The lowest BCUT2D eigenvalue weighted by molar-refractivity contribution is -0.139. The van der Waals surface area contributed by atoms with Gasteiger partial charge in [-0.1, -0.05) is 30.3 Å². The largest absolute Gasteiger partial charge is 0.490 e. The molecule has 2 rings (SSSR count). The number of halogens is 3. The lowest BCUT2D eigenvalue weighted by Gasteiger charge is -2.22. The molecular weight excluding hydrogens is 373 g/mol. The number of alkyl halides is 3. The summed E-state index contributed by atoms with van der Waals surface area (Å²) >= 11 is 0. The lowest BCUT2D eigenvalue weighted by Crippen LogP contribution is -2.37. The predicted molar refractivity (Wildman–Crippen MR) is 99.8 cm³/mol. The molecule has 2 aromatic rings. The van der Waals surface area contributed by atoms with E-state index >= 15 is 0 Å². The Morgan fingerprint density at radius 3 is 2.50 bits per heavy atom. The molecule has 152 valence electrons. The van der Waals surface area contributed by atoms with Crippen molar-refractivity contribution in [1.82, 2.24) is 4.90 Å². The molecule has 1 unspecified atom stereocenters. The summed E-state index contributed by atoms with van der Waals surface area (Å²) in [6.07, 6.45) is -5.01. The van der Waals surface area contributed by atoms with Crippen molar-refractivity contribution in [3.05, 3.63) is 59.7 Å². The molecule has 0 radical (unpaired) electrons. The monoisotopic (exact) mass is 396 g/mol. The van der Waals surface area contributed by atoms with Gasteiger partial charge in [-0.15, -0.1) is 0 Å². The van der Waals surface area contributed by atoms with Gasteiger partial charge < -0.3 is 20.5 Å². The molecule has 1 amide bonds. The van der Waals surface area contributed by atoms with Crippen molar-refractivity contribution in [3.8, 4) is 5.75 Å². The van der Waals surface area contributed by atoms with Crippen molar-refractivity contribution < 1.29 is 27.8 Å². The number of aliphatic hydroxyl groups is 1. The van der Waals surface area contributed by atoms with Gasteiger partial charge in [-0.3, -0.25) is 4.79 Å². The molecule has 0 spiro atoms. The van der Waals surface area contributed by atoms with Crippen LogP contribution in [0.15, 0.2) is 48.5 Å². The number of hydrogen-bond donors (Lipinski definition) is 2. The summed E-state index contributed by atoms with van der Waals surface area (Å²) in [4.78, 5) is 13.5. The van der Waals surface area contributed by atoms with Gasteiger partial charge in [0, 0.05) is 25.7 Å². The zero-order valence-corrected chi connectivity index (χ0v) is 15.4. The fourth-order valence-corrected chi connectivity index (χ4v) is 2.68. The second kappa shape index (κ2) is 9.45. The summed E-state index contributed by atoms with van der Waals surface area (Å²) in [5.74, 6) is -0.569. The normalized spacial score (nSPS) is 12.5. The number of nitrogen functional groups attached to an aromatic ring is 1. The van der Waals surface area contributed by atoms with Gasteiger partial charge in [0.05, 0.1) is 5.56 Å². The van der Waals surface area contributed by atoms with Crippen molar-refractivity contribution in [2.24, 2.45) is 0 Å². The van der Waals surface area contributed by atoms with E-state index in [1.54, 1.807) is 12.1 Å². The molecule has 0 aliphatic carbocycles. The van der Waals surface area contributed by atoms with E-state index in [1.165, 1.54) is 30.1 Å². The number of hydrogen-bond acceptors (Lipinski definition) is 4. The van der Waals surface area contributed by atoms with Crippen molar-refractivity contribution >= 4 is 11.6 Å². The maximum atomic E-state index is 12.9. The van der Waals surface area contributed by atoms with Gasteiger partial charge >= 0.3 is 6.18 Å². The molecule has 0 aromatic heterocycles. The first kappa shape index (κ1) is 21.6. The first-order chi connectivity index (χ1) is 13.2. The standard InChI is InChI=1S/C20H23F3N2O3/c1-25(19(27)11-10-14-6-2-4-8-17(14)24)12-15(26)13-28-18-9-5-3-7-16(18)20(21,22)23/h2-9,15,26H,10-13,24H2,1H3. The third-order valence-corrected chi connectivity index (χ3v) is 4.20. The van der Waals surface area contributed by atoms with Crippen LogP contribution in [0.25, 0.3) is 0 Å². The minimum atomic E-state index is -4.55. The number of anilines is 1. The highest BCUT2D eigenvalue weighted by atomic mass is 19.4. The smallest absolute Gasteiger partial charge is 0.419 e. The van der Waals surface area contributed by atoms with Crippen molar-refractivity contribution in [1.29, 1.82) is 0 Å². The van der Waals surface area contributed by atoms with Gasteiger partial charge in [-0.25, -0.2) is 0 Å². The Morgan fingerprint density at radius 2 is 1.82 bits per heavy atom. The molecular formula is C20H23F3N2O3. The molecule has 0 saturated carbocycles. The van der Waals surface area contributed by atoms with Crippen LogP contribution in [0.1, 0.15) is 17.5 Å². The number of para-hydroxylation sites is 2. The number of nitrogens with zero attached hydrogens (tertiary/aromatic N) is 1. The first-order valence-corrected chi connectivity index (χ1v) is 8.73. The average molecular weight is 396 g/mol. The van der Waals surface area contributed by atoms with Crippen LogP contribution in [0, 0.1) is 0 Å². The van der Waals surface area contributed by atoms with E-state index in [4.69, 9.17) is 10.5 Å². The lowest BCUT2D eigenvalue weighted by atomic mass is 10.1. The molecule has 2 aromatic carbocycles. The Labute approximate surface area is 161 Å². The van der Waals surface area contributed by atoms with Gasteiger partial charge in [0.2, 0.25) is 5.91 Å². The molecule has 0 saturated heterocycles. The van der Waals surface area contributed by atoms with E-state index in [0.29, 0.717) is 12.1 Å². The van der Waals surface area contributed by atoms with Crippen LogP contribution in [0.5, 0.6) is 5.75 Å². The molecule has 0 bridgehead atoms. The maximum Gasteiger partial charge on any atom is 0.419 e.